The van der Waals surface area contributed by atoms with Gasteiger partial charge in [-0.1, -0.05) is 24.0 Å². The van der Waals surface area contributed by atoms with Gasteiger partial charge in [0.05, 0.1) is 19.0 Å². The Balaban J connectivity index is 2.79. The van der Waals surface area contributed by atoms with E-state index in [0.717, 1.165) is 5.56 Å². The quantitative estimate of drug-likeness (QED) is 0.571. The van der Waals surface area contributed by atoms with E-state index in [4.69, 9.17) is 11.0 Å². The van der Waals surface area contributed by atoms with Crippen LogP contribution in [0.3, 0.4) is 0 Å². The minimum absolute atomic E-state index is 0.0134. The van der Waals surface area contributed by atoms with Gasteiger partial charge in [-0.15, -0.1) is 0 Å². The number of rotatable bonds is 2. The Morgan fingerprint density at radius 2 is 2.00 bits per heavy atom. The van der Waals surface area contributed by atoms with Crippen LogP contribution >= 0.6 is 0 Å². The second-order valence-corrected chi connectivity index (χ2v) is 2.84. The molecule has 1 aromatic carbocycles. The Hall–Kier alpha value is -2.10. The van der Waals surface area contributed by atoms with E-state index in [0.29, 0.717) is 5.56 Å². The standard InChI is InChI=1S/C12H10N2O/c13-8-2-1-3-10-4-6-11(7-5-10)12(15)9-14/h4-7H,2,9,14H2. The van der Waals surface area contributed by atoms with Crippen LogP contribution in [0.4, 0.5) is 0 Å². The van der Waals surface area contributed by atoms with E-state index in [2.05, 4.69) is 11.8 Å². The topological polar surface area (TPSA) is 66.9 Å². The lowest BCUT2D eigenvalue weighted by Gasteiger charge is -1.96. The number of carbonyl (C=O) groups excluding carboxylic acids is 1. The maximum Gasteiger partial charge on any atom is 0.176 e. The lowest BCUT2D eigenvalue weighted by molar-refractivity contribution is 0.100. The van der Waals surface area contributed by atoms with Crippen molar-refractivity contribution in [2.24, 2.45) is 5.73 Å². The fourth-order valence-corrected chi connectivity index (χ4v) is 1.04. The first-order valence-electron chi connectivity index (χ1n) is 4.47. The zero-order valence-corrected chi connectivity index (χ0v) is 8.16. The number of ketones is 1. The van der Waals surface area contributed by atoms with Gasteiger partial charge in [-0.25, -0.2) is 0 Å². The number of nitriles is 1. The molecule has 0 spiro atoms. The highest BCUT2D eigenvalue weighted by molar-refractivity contribution is 5.97. The summed E-state index contributed by atoms with van der Waals surface area (Å²) in [6.45, 7) is 0.0134. The fraction of sp³-hybridized carbons (Fsp3) is 0.167. The molecule has 0 radical (unpaired) electrons. The van der Waals surface area contributed by atoms with Crippen LogP contribution in [0.1, 0.15) is 22.3 Å². The number of hydrogen-bond donors (Lipinski definition) is 1. The summed E-state index contributed by atoms with van der Waals surface area (Å²) in [5.74, 6) is 5.42. The molecule has 0 atom stereocenters. The second kappa shape index (κ2) is 5.59. The van der Waals surface area contributed by atoms with Gasteiger partial charge < -0.3 is 5.73 Å². The SMILES string of the molecule is N#CCC#Cc1ccc(C(=O)CN)cc1. The Morgan fingerprint density at radius 3 is 2.53 bits per heavy atom. The summed E-state index contributed by atoms with van der Waals surface area (Å²) in [4.78, 5) is 11.2. The van der Waals surface area contributed by atoms with Gasteiger partial charge in [-0.2, -0.15) is 5.26 Å². The minimum atomic E-state index is -0.0912. The minimum Gasteiger partial charge on any atom is -0.324 e. The average Bonchev–Trinajstić information content (AvgIpc) is 2.29. The molecule has 0 aliphatic heterocycles. The Labute approximate surface area is 88.5 Å². The van der Waals surface area contributed by atoms with E-state index in [1.54, 1.807) is 24.3 Å². The molecule has 0 aromatic heterocycles. The lowest BCUT2D eigenvalue weighted by Crippen LogP contribution is -2.13. The molecule has 1 aromatic rings. The maximum atomic E-state index is 11.2. The van der Waals surface area contributed by atoms with Crippen molar-refractivity contribution in [2.45, 2.75) is 6.42 Å². The molecule has 3 heteroatoms. The molecule has 0 unspecified atom stereocenters. The molecule has 0 saturated heterocycles. The fourth-order valence-electron chi connectivity index (χ4n) is 1.04. The van der Waals surface area contributed by atoms with Crippen molar-refractivity contribution in [1.82, 2.24) is 0 Å². The predicted octanol–water partition coefficient (Wildman–Crippen LogP) is 1.09. The van der Waals surface area contributed by atoms with E-state index in [-0.39, 0.29) is 18.7 Å². The first-order chi connectivity index (χ1) is 7.27. The highest BCUT2D eigenvalue weighted by Gasteiger charge is 2.01. The molecule has 0 heterocycles. The zero-order valence-electron chi connectivity index (χ0n) is 8.16. The molecule has 0 aliphatic rings. The third kappa shape index (κ3) is 3.27. The van der Waals surface area contributed by atoms with Gasteiger partial charge in [0.1, 0.15) is 0 Å². The summed E-state index contributed by atoms with van der Waals surface area (Å²) in [7, 11) is 0. The van der Waals surface area contributed by atoms with E-state index in [1.165, 1.54) is 0 Å². The lowest BCUT2D eigenvalue weighted by atomic mass is 10.1. The second-order valence-electron chi connectivity index (χ2n) is 2.84. The van der Waals surface area contributed by atoms with Crippen LogP contribution in [0.15, 0.2) is 24.3 Å². The van der Waals surface area contributed by atoms with Crippen molar-refractivity contribution in [3.8, 4) is 17.9 Å². The van der Waals surface area contributed by atoms with Gasteiger partial charge in [0.2, 0.25) is 0 Å². The molecule has 0 fully saturated rings. The normalized spacial score (nSPS) is 8.53. The van der Waals surface area contributed by atoms with Crippen LogP contribution in [0.2, 0.25) is 0 Å². The van der Waals surface area contributed by atoms with Crippen molar-refractivity contribution in [3.63, 3.8) is 0 Å². The number of benzene rings is 1. The number of nitrogens with two attached hydrogens (primary N) is 1. The summed E-state index contributed by atoms with van der Waals surface area (Å²) in [5, 5.41) is 8.28. The first-order valence-corrected chi connectivity index (χ1v) is 4.47. The zero-order chi connectivity index (χ0) is 11.1. The monoisotopic (exact) mass is 198 g/mol. The summed E-state index contributed by atoms with van der Waals surface area (Å²) < 4.78 is 0. The van der Waals surface area contributed by atoms with Crippen LogP contribution in [-0.4, -0.2) is 12.3 Å². The van der Waals surface area contributed by atoms with Crippen molar-refractivity contribution >= 4 is 5.78 Å². The Kier molecular flexibility index (Phi) is 4.09. The Bertz CT molecular complexity index is 443. The smallest absolute Gasteiger partial charge is 0.176 e. The van der Waals surface area contributed by atoms with Crippen LogP contribution in [-0.2, 0) is 0 Å². The largest absolute Gasteiger partial charge is 0.324 e. The van der Waals surface area contributed by atoms with Gasteiger partial charge in [-0.05, 0) is 12.1 Å². The highest BCUT2D eigenvalue weighted by atomic mass is 16.1. The van der Waals surface area contributed by atoms with Crippen molar-refractivity contribution < 1.29 is 4.79 Å². The van der Waals surface area contributed by atoms with E-state index >= 15 is 0 Å². The van der Waals surface area contributed by atoms with E-state index in [1.807, 2.05) is 6.07 Å². The summed E-state index contributed by atoms with van der Waals surface area (Å²) in [6, 6.07) is 8.79. The van der Waals surface area contributed by atoms with Gasteiger partial charge in [0.15, 0.2) is 5.78 Å². The summed E-state index contributed by atoms with van der Waals surface area (Å²) in [5.41, 5.74) is 6.60. The van der Waals surface area contributed by atoms with Crippen LogP contribution in [0.5, 0.6) is 0 Å². The molecule has 0 saturated carbocycles. The number of carbonyl (C=O) groups is 1. The number of Topliss-reactive ketones (excluding diaryl/α,β-unsaturated/α-hetero) is 1. The highest BCUT2D eigenvalue weighted by Crippen LogP contribution is 2.03. The van der Waals surface area contributed by atoms with Crippen molar-refractivity contribution in [1.29, 1.82) is 5.26 Å². The molecule has 3 nitrogen and oxygen atoms in total. The van der Waals surface area contributed by atoms with Gasteiger partial charge >= 0.3 is 0 Å². The molecule has 0 bridgehead atoms. The average molecular weight is 198 g/mol. The van der Waals surface area contributed by atoms with Crippen LogP contribution in [0, 0.1) is 23.2 Å². The molecule has 0 amide bonds. The molecular weight excluding hydrogens is 188 g/mol. The van der Waals surface area contributed by atoms with E-state index < -0.39 is 0 Å². The van der Waals surface area contributed by atoms with Crippen molar-refractivity contribution in [3.05, 3.63) is 35.4 Å². The van der Waals surface area contributed by atoms with Gasteiger partial charge in [-0.3, -0.25) is 4.79 Å². The maximum absolute atomic E-state index is 11.2. The van der Waals surface area contributed by atoms with Gasteiger partial charge in [0.25, 0.3) is 0 Å². The molecule has 15 heavy (non-hydrogen) atoms. The first kappa shape index (κ1) is 11.0. The van der Waals surface area contributed by atoms with Crippen LogP contribution < -0.4 is 5.73 Å². The molecule has 0 aliphatic carbocycles. The van der Waals surface area contributed by atoms with E-state index in [9.17, 15) is 4.79 Å². The number of nitrogens with zero attached hydrogens (tertiary/aromatic N) is 1. The summed E-state index contributed by atoms with van der Waals surface area (Å²) >= 11 is 0. The molecule has 2 N–H and O–H groups in total. The number of hydrogen-bond acceptors (Lipinski definition) is 3. The predicted molar refractivity (Wildman–Crippen MR) is 56.9 cm³/mol. The van der Waals surface area contributed by atoms with Gasteiger partial charge in [0, 0.05) is 11.1 Å². The van der Waals surface area contributed by atoms with Crippen molar-refractivity contribution in [2.75, 3.05) is 6.54 Å². The third-order valence-electron chi connectivity index (χ3n) is 1.79. The summed E-state index contributed by atoms with van der Waals surface area (Å²) in [6.07, 6.45) is 0.212. The third-order valence-corrected chi connectivity index (χ3v) is 1.79. The molecule has 1 rings (SSSR count). The molecular formula is C12H10N2O. The molecule has 74 valence electrons. The van der Waals surface area contributed by atoms with Crippen LogP contribution in [0.25, 0.3) is 0 Å². The Morgan fingerprint density at radius 1 is 1.33 bits per heavy atom.